The number of hydrogen-bond donors (Lipinski definition) is 1. The van der Waals surface area contributed by atoms with Gasteiger partial charge in [-0.05, 0) is 82.0 Å². The highest BCUT2D eigenvalue weighted by molar-refractivity contribution is 5.88. The van der Waals surface area contributed by atoms with Crippen LogP contribution in [-0.4, -0.2) is 11.1 Å². The topological polar surface area (TPSA) is 37.3 Å². The largest absolute Gasteiger partial charge is 0.478 e. The van der Waals surface area contributed by atoms with Gasteiger partial charge in [-0.2, -0.15) is 0 Å². The molecule has 0 saturated heterocycles. The Labute approximate surface area is 207 Å². The minimum atomic E-state index is -0.883. The lowest BCUT2D eigenvalue weighted by molar-refractivity contribution is 0.0697. The van der Waals surface area contributed by atoms with Crippen molar-refractivity contribution in [1.29, 1.82) is 0 Å². The van der Waals surface area contributed by atoms with Crippen LogP contribution in [0, 0.1) is 5.92 Å². The number of hydrogen-bond acceptors (Lipinski definition) is 1. The Morgan fingerprint density at radius 1 is 0.912 bits per heavy atom. The molecule has 0 radical (unpaired) electrons. The summed E-state index contributed by atoms with van der Waals surface area (Å²) in [7, 11) is 0. The summed E-state index contributed by atoms with van der Waals surface area (Å²) in [4.78, 5) is 11.2. The van der Waals surface area contributed by atoms with Crippen LogP contribution < -0.4 is 0 Å². The molecule has 0 bridgehead atoms. The fraction of sp³-hybridized carbons (Fsp3) is 0.531. The number of aryl methyl sites for hydroxylation is 1. The van der Waals surface area contributed by atoms with Crippen LogP contribution in [0.15, 0.2) is 36.4 Å². The van der Waals surface area contributed by atoms with Crippen molar-refractivity contribution >= 4 is 17.6 Å². The highest BCUT2D eigenvalue weighted by Crippen LogP contribution is 2.54. The Bertz CT molecular complexity index is 1040. The normalized spacial score (nSPS) is 18.7. The van der Waals surface area contributed by atoms with E-state index in [0.717, 1.165) is 12.0 Å². The molecule has 2 nitrogen and oxygen atoms in total. The Balaban J connectivity index is 1.98. The summed E-state index contributed by atoms with van der Waals surface area (Å²) in [5.74, 6) is -0.314. The monoisotopic (exact) mass is 460 g/mol. The average molecular weight is 461 g/mol. The molecule has 1 aliphatic carbocycles. The summed E-state index contributed by atoms with van der Waals surface area (Å²) in [6.07, 6.45) is 11.1. The molecule has 2 aromatic rings. The third-order valence-corrected chi connectivity index (χ3v) is 8.56. The van der Waals surface area contributed by atoms with Gasteiger partial charge in [-0.25, -0.2) is 4.79 Å². The van der Waals surface area contributed by atoms with Crippen molar-refractivity contribution in [2.75, 3.05) is 0 Å². The minimum absolute atomic E-state index is 0.135. The zero-order chi connectivity index (χ0) is 25.1. The van der Waals surface area contributed by atoms with Gasteiger partial charge in [-0.3, -0.25) is 0 Å². The van der Waals surface area contributed by atoms with Gasteiger partial charge in [-0.15, -0.1) is 0 Å². The van der Waals surface area contributed by atoms with Gasteiger partial charge in [0.1, 0.15) is 0 Å². The smallest absolute Gasteiger partial charge is 0.335 e. The number of aromatic carboxylic acids is 1. The number of rotatable bonds is 10. The standard InChI is InChI=1S/C32H44O2/c1-8-9-10-11-12-13-14-26-20-28-29(32(6,7)23(3)31(28,4)5)21-27(26)22(2)19-24-15-17-25(18-16-24)30(33)34/h15-21,23H,8-14H2,1-7H3,(H,33,34). The van der Waals surface area contributed by atoms with E-state index in [4.69, 9.17) is 0 Å². The predicted octanol–water partition coefficient (Wildman–Crippen LogP) is 9.05. The molecular formula is C32H44O2. The van der Waals surface area contributed by atoms with E-state index in [1.165, 1.54) is 66.4 Å². The maximum absolute atomic E-state index is 11.2. The fourth-order valence-corrected chi connectivity index (χ4v) is 5.80. The molecule has 1 atom stereocenters. The highest BCUT2D eigenvalue weighted by Gasteiger charge is 2.48. The molecule has 1 aliphatic rings. The van der Waals surface area contributed by atoms with Crippen molar-refractivity contribution in [3.63, 3.8) is 0 Å². The molecule has 0 fully saturated rings. The van der Waals surface area contributed by atoms with Crippen molar-refractivity contribution in [1.82, 2.24) is 0 Å². The summed E-state index contributed by atoms with van der Waals surface area (Å²) >= 11 is 0. The molecule has 0 spiro atoms. The van der Waals surface area contributed by atoms with Gasteiger partial charge in [-0.1, -0.05) is 104 Å². The number of carbonyl (C=O) groups is 1. The highest BCUT2D eigenvalue weighted by atomic mass is 16.4. The van der Waals surface area contributed by atoms with Gasteiger partial charge in [0.15, 0.2) is 0 Å². The van der Waals surface area contributed by atoms with Crippen LogP contribution in [0.3, 0.4) is 0 Å². The van der Waals surface area contributed by atoms with Gasteiger partial charge < -0.3 is 5.11 Å². The van der Waals surface area contributed by atoms with Crippen LogP contribution >= 0.6 is 0 Å². The SMILES string of the molecule is CCCCCCCCc1cc2c(cc1C(C)=Cc1ccc(C(=O)O)cc1)C(C)(C)C(C)C2(C)C. The number of benzene rings is 2. The molecule has 34 heavy (non-hydrogen) atoms. The second-order valence-corrected chi connectivity index (χ2v) is 11.5. The maximum Gasteiger partial charge on any atom is 0.335 e. The summed E-state index contributed by atoms with van der Waals surface area (Å²) in [6, 6.07) is 12.2. The third-order valence-electron chi connectivity index (χ3n) is 8.56. The van der Waals surface area contributed by atoms with Gasteiger partial charge in [0, 0.05) is 0 Å². The second-order valence-electron chi connectivity index (χ2n) is 11.5. The van der Waals surface area contributed by atoms with Crippen LogP contribution in [0.1, 0.15) is 125 Å². The first-order valence-electron chi connectivity index (χ1n) is 13.2. The van der Waals surface area contributed by atoms with Crippen molar-refractivity contribution in [2.45, 2.75) is 104 Å². The van der Waals surface area contributed by atoms with Crippen molar-refractivity contribution in [2.24, 2.45) is 5.92 Å². The summed E-state index contributed by atoms with van der Waals surface area (Å²) in [5.41, 5.74) is 8.74. The summed E-state index contributed by atoms with van der Waals surface area (Å²) in [6.45, 7) is 16.5. The van der Waals surface area contributed by atoms with Gasteiger partial charge >= 0.3 is 5.97 Å². The number of allylic oxidation sites excluding steroid dienone is 1. The Kier molecular flexibility index (Phi) is 8.11. The number of fused-ring (bicyclic) bond motifs is 1. The van der Waals surface area contributed by atoms with E-state index >= 15 is 0 Å². The van der Waals surface area contributed by atoms with Gasteiger partial charge in [0.05, 0.1) is 5.56 Å². The molecular weight excluding hydrogens is 416 g/mol. The lowest BCUT2D eigenvalue weighted by Crippen LogP contribution is -2.30. The third kappa shape index (κ3) is 5.32. The molecule has 2 heteroatoms. The molecule has 1 N–H and O–H groups in total. The lowest BCUT2D eigenvalue weighted by Gasteiger charge is -2.32. The molecule has 2 aromatic carbocycles. The molecule has 1 unspecified atom stereocenters. The van der Waals surface area contributed by atoms with Crippen molar-refractivity contribution in [3.8, 4) is 0 Å². The predicted molar refractivity (Wildman–Crippen MR) is 146 cm³/mol. The molecule has 0 heterocycles. The van der Waals surface area contributed by atoms with Crippen LogP contribution in [-0.2, 0) is 17.3 Å². The van der Waals surface area contributed by atoms with E-state index in [1.54, 1.807) is 12.1 Å². The zero-order valence-corrected chi connectivity index (χ0v) is 22.4. The summed E-state index contributed by atoms with van der Waals surface area (Å²) < 4.78 is 0. The van der Waals surface area contributed by atoms with Crippen LogP contribution in [0.2, 0.25) is 0 Å². The molecule has 0 saturated carbocycles. The molecule has 0 amide bonds. The van der Waals surface area contributed by atoms with Crippen molar-refractivity contribution in [3.05, 3.63) is 69.8 Å². The minimum Gasteiger partial charge on any atom is -0.478 e. The first-order chi connectivity index (χ1) is 16.0. The maximum atomic E-state index is 11.2. The van der Waals surface area contributed by atoms with E-state index in [9.17, 15) is 9.90 Å². The Hall–Kier alpha value is -2.35. The van der Waals surface area contributed by atoms with E-state index in [2.05, 4.69) is 66.7 Å². The number of carboxylic acids is 1. The lowest BCUT2D eigenvalue weighted by atomic mass is 9.71. The zero-order valence-electron chi connectivity index (χ0n) is 22.4. The molecule has 3 rings (SSSR count). The molecule has 184 valence electrons. The summed E-state index contributed by atoms with van der Waals surface area (Å²) in [5, 5.41) is 9.21. The fourth-order valence-electron chi connectivity index (χ4n) is 5.80. The van der Waals surface area contributed by atoms with E-state index in [-0.39, 0.29) is 10.8 Å². The second kappa shape index (κ2) is 10.5. The van der Waals surface area contributed by atoms with Crippen LogP contribution in [0.5, 0.6) is 0 Å². The number of unbranched alkanes of at least 4 members (excludes halogenated alkanes) is 5. The molecule has 0 aliphatic heterocycles. The van der Waals surface area contributed by atoms with Crippen LogP contribution in [0.25, 0.3) is 11.6 Å². The van der Waals surface area contributed by atoms with Gasteiger partial charge in [0.2, 0.25) is 0 Å². The van der Waals surface area contributed by atoms with Crippen molar-refractivity contribution < 1.29 is 9.90 Å². The molecule has 0 aromatic heterocycles. The Morgan fingerprint density at radius 3 is 2.06 bits per heavy atom. The average Bonchev–Trinajstić information content (AvgIpc) is 2.92. The quantitative estimate of drug-likeness (QED) is 0.283. The van der Waals surface area contributed by atoms with E-state index in [0.29, 0.717) is 11.5 Å². The Morgan fingerprint density at radius 2 is 1.47 bits per heavy atom. The first kappa shape index (κ1) is 26.3. The van der Waals surface area contributed by atoms with E-state index < -0.39 is 5.97 Å². The van der Waals surface area contributed by atoms with Crippen LogP contribution in [0.4, 0.5) is 0 Å². The number of carboxylic acid groups (broad SMARTS) is 1. The van der Waals surface area contributed by atoms with E-state index in [1.807, 2.05) is 12.1 Å². The first-order valence-corrected chi connectivity index (χ1v) is 13.2. The van der Waals surface area contributed by atoms with Gasteiger partial charge in [0.25, 0.3) is 0 Å².